The van der Waals surface area contributed by atoms with Gasteiger partial charge in [-0.2, -0.15) is 0 Å². The van der Waals surface area contributed by atoms with Crippen LogP contribution >= 0.6 is 0 Å². The molecule has 1 fully saturated rings. The van der Waals surface area contributed by atoms with Gasteiger partial charge in [-0.1, -0.05) is 92.4 Å². The van der Waals surface area contributed by atoms with Crippen molar-refractivity contribution in [2.75, 3.05) is 33.4 Å². The molecular weight excluding hydrogens is 491 g/mol. The van der Waals surface area contributed by atoms with E-state index in [1.165, 1.54) is 0 Å². The minimum Gasteiger partial charge on any atom is -0.391 e. The maximum atomic E-state index is 7.27. The van der Waals surface area contributed by atoms with Crippen molar-refractivity contribution in [2.45, 2.75) is 117 Å². The highest BCUT2D eigenvalue weighted by Gasteiger charge is 2.61. The summed E-state index contributed by atoms with van der Waals surface area (Å²) in [7, 11) is -6.86. The molecule has 198 valence electrons. The van der Waals surface area contributed by atoms with Crippen molar-refractivity contribution in [3.63, 3.8) is 0 Å². The second-order valence-electron chi connectivity index (χ2n) is 14.0. The molecule has 0 radical (unpaired) electrons. The first-order valence-electron chi connectivity index (χ1n) is 13.3. The summed E-state index contributed by atoms with van der Waals surface area (Å²) in [6, 6.07) is 0. The Morgan fingerprint density at radius 3 is 1.12 bits per heavy atom. The van der Waals surface area contributed by atoms with Crippen molar-refractivity contribution in [3.8, 4) is 0 Å². The molecule has 1 saturated heterocycles. The summed E-state index contributed by atoms with van der Waals surface area (Å²) in [4.78, 5) is 2.36. The monoisotopic (exact) mass is 549 g/mol. The topological polar surface area (TPSA) is 28.2 Å². The van der Waals surface area contributed by atoms with E-state index in [0.717, 1.165) is 39.1 Å². The van der Waals surface area contributed by atoms with Crippen LogP contribution in [0.4, 0.5) is 0 Å². The Labute approximate surface area is 213 Å². The van der Waals surface area contributed by atoms with Gasteiger partial charge in [0.1, 0.15) is 32.9 Å². The highest BCUT2D eigenvalue weighted by atomic mass is 28.4. The third-order valence-corrected chi connectivity index (χ3v) is 27.4. The molecule has 0 aromatic heterocycles. The predicted molar refractivity (Wildman–Crippen MR) is 160 cm³/mol. The molecule has 0 aliphatic carbocycles. The summed E-state index contributed by atoms with van der Waals surface area (Å²) in [5, 5.41) is 0. The van der Waals surface area contributed by atoms with Gasteiger partial charge in [0, 0.05) is 37.6 Å². The van der Waals surface area contributed by atoms with Gasteiger partial charge in [0.15, 0.2) is 0 Å². The second-order valence-corrected chi connectivity index (χ2v) is 37.5. The molecule has 0 saturated carbocycles. The standard InChI is InChI=1S/C23H59N3O2Si5/c1-16-22(25(29(4,5)6)30(7,8)9)33(27-20-18-24(3)19-21-28-33)23(17-2)26(31(10,11)12)32(13,14)15/h22-23H,16-21H2,1-15H3. The van der Waals surface area contributed by atoms with Crippen molar-refractivity contribution < 1.29 is 8.85 Å². The third kappa shape index (κ3) is 7.93. The maximum absolute atomic E-state index is 7.27. The summed E-state index contributed by atoms with van der Waals surface area (Å²) in [5.74, 6) is 0. The van der Waals surface area contributed by atoms with Gasteiger partial charge in [-0.3, -0.25) is 0 Å². The molecule has 0 bridgehead atoms. The van der Waals surface area contributed by atoms with E-state index in [0.29, 0.717) is 11.3 Å². The van der Waals surface area contributed by atoms with E-state index >= 15 is 0 Å². The number of nitrogens with zero attached hydrogens (tertiary/aromatic N) is 3. The lowest BCUT2D eigenvalue weighted by Gasteiger charge is -2.59. The second kappa shape index (κ2) is 11.5. The molecule has 0 amide bonds. The van der Waals surface area contributed by atoms with Gasteiger partial charge in [-0.25, -0.2) is 0 Å². The van der Waals surface area contributed by atoms with E-state index in [4.69, 9.17) is 8.85 Å². The predicted octanol–water partition coefficient (Wildman–Crippen LogP) is 5.99. The van der Waals surface area contributed by atoms with E-state index in [1.54, 1.807) is 0 Å². The molecule has 5 nitrogen and oxygen atoms in total. The fourth-order valence-electron chi connectivity index (χ4n) is 6.66. The molecule has 1 heterocycles. The van der Waals surface area contributed by atoms with Crippen LogP contribution in [0.3, 0.4) is 0 Å². The molecule has 33 heavy (non-hydrogen) atoms. The molecule has 0 spiro atoms. The van der Waals surface area contributed by atoms with E-state index in [9.17, 15) is 0 Å². The van der Waals surface area contributed by atoms with Crippen LogP contribution in [0.5, 0.6) is 0 Å². The van der Waals surface area contributed by atoms with Gasteiger partial charge in [0.25, 0.3) is 0 Å². The van der Waals surface area contributed by atoms with Crippen LogP contribution in [0.25, 0.3) is 0 Å². The van der Waals surface area contributed by atoms with Gasteiger partial charge in [0.05, 0.1) is 0 Å². The lowest BCUT2D eigenvalue weighted by Crippen LogP contribution is -2.81. The van der Waals surface area contributed by atoms with Crippen molar-refractivity contribution >= 4 is 41.5 Å². The normalized spacial score (nSPS) is 21.7. The zero-order chi connectivity index (χ0) is 26.0. The third-order valence-electron chi connectivity index (χ3n) is 6.82. The van der Waals surface area contributed by atoms with Crippen molar-refractivity contribution in [3.05, 3.63) is 0 Å². The lowest BCUT2D eigenvalue weighted by molar-refractivity contribution is 0.0788. The summed E-state index contributed by atoms with van der Waals surface area (Å²) < 4.78 is 20.6. The average Bonchev–Trinajstić information content (AvgIpc) is 2.56. The molecule has 10 heteroatoms. The zero-order valence-corrected chi connectivity index (χ0v) is 30.1. The van der Waals surface area contributed by atoms with Crippen molar-refractivity contribution in [2.24, 2.45) is 0 Å². The Balaban J connectivity index is 3.88. The molecule has 1 rings (SSSR count). The van der Waals surface area contributed by atoms with E-state index in [-0.39, 0.29) is 0 Å². The smallest absolute Gasteiger partial charge is 0.371 e. The molecule has 1 aliphatic rings. The molecule has 1 aliphatic heterocycles. The van der Waals surface area contributed by atoms with E-state index < -0.39 is 41.5 Å². The largest absolute Gasteiger partial charge is 0.391 e. The first kappa shape index (κ1) is 31.9. The minimum atomic E-state index is -2.65. The van der Waals surface area contributed by atoms with Crippen LogP contribution in [0, 0.1) is 0 Å². The summed E-state index contributed by atoms with van der Waals surface area (Å²) in [6.07, 6.45) is 2.25. The SMILES string of the molecule is CCC(N([Si](C)(C)C)[Si](C)(C)C)[Si]1(C(CC)N([Si](C)(C)C)[Si](C)(C)C)OCCN(C)CCO1. The van der Waals surface area contributed by atoms with Gasteiger partial charge < -0.3 is 22.2 Å². The molecule has 2 atom stereocenters. The average molecular weight is 550 g/mol. The van der Waals surface area contributed by atoms with Crippen LogP contribution in [0.1, 0.15) is 26.7 Å². The van der Waals surface area contributed by atoms with Gasteiger partial charge in [-0.15, -0.1) is 0 Å². The quantitative estimate of drug-likeness (QED) is 0.312. The van der Waals surface area contributed by atoms with E-state index in [1.807, 2.05) is 0 Å². The van der Waals surface area contributed by atoms with Crippen LogP contribution in [-0.2, 0) is 8.85 Å². The molecular formula is C23H59N3O2Si5. The number of rotatable bonds is 10. The lowest BCUT2D eigenvalue weighted by atomic mass is 10.5. The highest BCUT2D eigenvalue weighted by molar-refractivity contribution is 6.93. The molecule has 0 aromatic rings. The first-order chi connectivity index (χ1) is 14.7. The Kier molecular flexibility index (Phi) is 11.1. The van der Waals surface area contributed by atoms with Gasteiger partial charge >= 0.3 is 8.56 Å². The van der Waals surface area contributed by atoms with Crippen LogP contribution in [0.15, 0.2) is 0 Å². The fraction of sp³-hybridized carbons (Fsp3) is 1.00. The van der Waals surface area contributed by atoms with E-state index in [2.05, 4.69) is 113 Å². The summed E-state index contributed by atoms with van der Waals surface area (Å²) >= 11 is 0. The summed E-state index contributed by atoms with van der Waals surface area (Å²) in [5.41, 5.74) is 0.832. The van der Waals surface area contributed by atoms with Crippen LogP contribution in [-0.4, -0.2) is 99.5 Å². The Morgan fingerprint density at radius 1 is 0.636 bits per heavy atom. The molecule has 0 N–H and O–H groups in total. The van der Waals surface area contributed by atoms with Gasteiger partial charge in [0.2, 0.25) is 0 Å². The molecule has 0 aromatic carbocycles. The number of likely N-dealkylation sites (N-methyl/N-ethyl adjacent to an activating group) is 1. The maximum Gasteiger partial charge on any atom is 0.371 e. The number of hydrogen-bond donors (Lipinski definition) is 0. The number of hydrogen-bond acceptors (Lipinski definition) is 5. The van der Waals surface area contributed by atoms with Crippen molar-refractivity contribution in [1.82, 2.24) is 13.4 Å². The Morgan fingerprint density at radius 2 is 0.909 bits per heavy atom. The molecule has 2 unspecified atom stereocenters. The van der Waals surface area contributed by atoms with Crippen LogP contribution in [0.2, 0.25) is 78.6 Å². The first-order valence-corrected chi connectivity index (χ1v) is 29.0. The highest BCUT2D eigenvalue weighted by Crippen LogP contribution is 2.39. The van der Waals surface area contributed by atoms with Crippen molar-refractivity contribution in [1.29, 1.82) is 0 Å². The fourth-order valence-corrected chi connectivity index (χ4v) is 38.0. The Bertz CT molecular complexity index is 531. The summed E-state index contributed by atoms with van der Waals surface area (Å²) in [6.45, 7) is 38.9. The minimum absolute atomic E-state index is 0.416. The zero-order valence-electron chi connectivity index (χ0n) is 25.1. The van der Waals surface area contributed by atoms with Gasteiger partial charge in [-0.05, 0) is 19.9 Å². The Hall–Kier alpha value is 0.884. The van der Waals surface area contributed by atoms with Crippen LogP contribution < -0.4 is 0 Å².